The predicted molar refractivity (Wildman–Crippen MR) is 87.3 cm³/mol. The van der Waals surface area contributed by atoms with E-state index in [-0.39, 0.29) is 10.6 Å². The number of hydrogen-bond donors (Lipinski definition) is 0. The summed E-state index contributed by atoms with van der Waals surface area (Å²) in [5.74, 6) is 0. The summed E-state index contributed by atoms with van der Waals surface area (Å²) >= 11 is 0. The Hall–Kier alpha value is -2.61. The van der Waals surface area contributed by atoms with E-state index in [1.807, 2.05) is 24.1 Å². The molecule has 1 heterocycles. The summed E-state index contributed by atoms with van der Waals surface area (Å²) < 4.78 is 27.1. The SMILES string of the molecule is CN1CCN(S(=O)(=O)c2cccc([N+](=O)[O-])c2)c2ccccc21. The molecule has 2 aromatic rings. The van der Waals surface area contributed by atoms with Gasteiger partial charge < -0.3 is 4.90 Å². The van der Waals surface area contributed by atoms with Crippen molar-refractivity contribution in [2.45, 2.75) is 4.90 Å². The number of para-hydroxylation sites is 2. The van der Waals surface area contributed by atoms with E-state index in [0.29, 0.717) is 18.8 Å². The number of benzene rings is 2. The molecule has 0 fully saturated rings. The second-order valence-corrected chi connectivity index (χ2v) is 7.10. The van der Waals surface area contributed by atoms with E-state index in [0.717, 1.165) is 11.8 Å². The Morgan fingerprint density at radius 3 is 2.43 bits per heavy atom. The van der Waals surface area contributed by atoms with Crippen LogP contribution < -0.4 is 9.21 Å². The molecule has 0 unspecified atom stereocenters. The maximum atomic E-state index is 12.9. The first-order chi connectivity index (χ1) is 10.9. The van der Waals surface area contributed by atoms with Gasteiger partial charge in [-0.1, -0.05) is 18.2 Å². The van der Waals surface area contributed by atoms with Crippen LogP contribution in [0.4, 0.5) is 17.1 Å². The van der Waals surface area contributed by atoms with Crippen molar-refractivity contribution in [1.29, 1.82) is 0 Å². The number of hydrogen-bond acceptors (Lipinski definition) is 5. The average molecular weight is 333 g/mol. The van der Waals surface area contributed by atoms with E-state index in [9.17, 15) is 18.5 Å². The molecule has 0 aromatic heterocycles. The summed E-state index contributed by atoms with van der Waals surface area (Å²) in [5, 5.41) is 10.9. The molecular weight excluding hydrogens is 318 g/mol. The fourth-order valence-corrected chi connectivity index (χ4v) is 4.12. The minimum Gasteiger partial charge on any atom is -0.371 e. The maximum Gasteiger partial charge on any atom is 0.270 e. The Kier molecular flexibility index (Phi) is 3.69. The molecule has 3 rings (SSSR count). The Morgan fingerprint density at radius 1 is 1.04 bits per heavy atom. The summed E-state index contributed by atoms with van der Waals surface area (Å²) in [4.78, 5) is 12.2. The molecule has 120 valence electrons. The highest BCUT2D eigenvalue weighted by molar-refractivity contribution is 7.92. The largest absolute Gasteiger partial charge is 0.371 e. The highest BCUT2D eigenvalue weighted by Gasteiger charge is 2.31. The van der Waals surface area contributed by atoms with Gasteiger partial charge in [0.15, 0.2) is 0 Å². The zero-order chi connectivity index (χ0) is 16.6. The molecule has 0 aliphatic carbocycles. The van der Waals surface area contributed by atoms with Crippen LogP contribution in [0.2, 0.25) is 0 Å². The Bertz CT molecular complexity index is 867. The van der Waals surface area contributed by atoms with Crippen LogP contribution in [-0.4, -0.2) is 33.5 Å². The van der Waals surface area contributed by atoms with Crippen molar-refractivity contribution in [1.82, 2.24) is 0 Å². The number of sulfonamides is 1. The molecule has 0 radical (unpaired) electrons. The van der Waals surface area contributed by atoms with Crippen LogP contribution in [0.25, 0.3) is 0 Å². The maximum absolute atomic E-state index is 12.9. The second-order valence-electron chi connectivity index (χ2n) is 5.24. The smallest absolute Gasteiger partial charge is 0.270 e. The van der Waals surface area contributed by atoms with E-state index in [1.165, 1.54) is 22.5 Å². The fraction of sp³-hybridized carbons (Fsp3) is 0.200. The number of anilines is 2. The molecule has 23 heavy (non-hydrogen) atoms. The Balaban J connectivity index is 2.09. The van der Waals surface area contributed by atoms with Crippen LogP contribution >= 0.6 is 0 Å². The fourth-order valence-electron chi connectivity index (χ4n) is 2.61. The number of fused-ring (bicyclic) bond motifs is 1. The summed E-state index contributed by atoms with van der Waals surface area (Å²) in [6.07, 6.45) is 0. The first kappa shape index (κ1) is 15.3. The van der Waals surface area contributed by atoms with Gasteiger partial charge in [0, 0.05) is 25.7 Å². The van der Waals surface area contributed by atoms with Gasteiger partial charge in [0.25, 0.3) is 15.7 Å². The molecule has 1 aliphatic heterocycles. The second kappa shape index (κ2) is 5.54. The van der Waals surface area contributed by atoms with Crippen LogP contribution in [0, 0.1) is 10.1 Å². The third kappa shape index (κ3) is 2.61. The van der Waals surface area contributed by atoms with Gasteiger partial charge in [-0.25, -0.2) is 8.42 Å². The van der Waals surface area contributed by atoms with Crippen LogP contribution in [0.15, 0.2) is 53.4 Å². The number of likely N-dealkylation sites (N-methyl/N-ethyl adjacent to an activating group) is 1. The van der Waals surface area contributed by atoms with Gasteiger partial charge in [0.1, 0.15) is 0 Å². The third-order valence-corrected chi connectivity index (χ3v) is 5.63. The minimum absolute atomic E-state index is 0.0777. The summed E-state index contributed by atoms with van der Waals surface area (Å²) in [7, 11) is -1.95. The first-order valence-electron chi connectivity index (χ1n) is 6.98. The monoisotopic (exact) mass is 333 g/mol. The van der Waals surface area contributed by atoms with Gasteiger partial charge in [-0.2, -0.15) is 0 Å². The van der Waals surface area contributed by atoms with Gasteiger partial charge in [0.05, 0.1) is 27.7 Å². The molecule has 7 nitrogen and oxygen atoms in total. The molecule has 2 aromatic carbocycles. The molecule has 0 spiro atoms. The van der Waals surface area contributed by atoms with Crippen LogP contribution in [0.5, 0.6) is 0 Å². The molecule has 8 heteroatoms. The normalized spacial score (nSPS) is 14.5. The third-order valence-electron chi connectivity index (χ3n) is 3.82. The lowest BCUT2D eigenvalue weighted by atomic mass is 10.2. The van der Waals surface area contributed by atoms with Crippen LogP contribution in [0.3, 0.4) is 0 Å². The minimum atomic E-state index is -3.85. The Morgan fingerprint density at radius 2 is 1.74 bits per heavy atom. The van der Waals surface area contributed by atoms with Gasteiger partial charge in [-0.3, -0.25) is 14.4 Å². The van der Waals surface area contributed by atoms with Crippen molar-refractivity contribution in [3.05, 3.63) is 58.6 Å². The van der Waals surface area contributed by atoms with Crippen molar-refractivity contribution >= 4 is 27.1 Å². The van der Waals surface area contributed by atoms with Gasteiger partial charge in [-0.15, -0.1) is 0 Å². The van der Waals surface area contributed by atoms with Crippen molar-refractivity contribution in [3.8, 4) is 0 Å². The summed E-state index contributed by atoms with van der Waals surface area (Å²) in [5.41, 5.74) is 1.15. The molecular formula is C15H15N3O4S. The molecule has 0 amide bonds. The number of rotatable bonds is 3. The van der Waals surface area contributed by atoms with Gasteiger partial charge in [0.2, 0.25) is 0 Å². The van der Waals surface area contributed by atoms with Crippen LogP contribution in [0.1, 0.15) is 0 Å². The summed E-state index contributed by atoms with van der Waals surface area (Å²) in [6, 6.07) is 12.3. The lowest BCUT2D eigenvalue weighted by Crippen LogP contribution is -2.42. The van der Waals surface area contributed by atoms with Crippen molar-refractivity contribution in [2.75, 3.05) is 29.3 Å². The predicted octanol–water partition coefficient (Wildman–Crippen LogP) is 2.24. The number of nitro benzene ring substituents is 1. The zero-order valence-electron chi connectivity index (χ0n) is 12.4. The van der Waals surface area contributed by atoms with Crippen molar-refractivity contribution in [3.63, 3.8) is 0 Å². The molecule has 1 aliphatic rings. The molecule has 0 atom stereocenters. The van der Waals surface area contributed by atoms with Crippen molar-refractivity contribution < 1.29 is 13.3 Å². The Labute approximate surface area is 134 Å². The lowest BCUT2D eigenvalue weighted by molar-refractivity contribution is -0.385. The average Bonchev–Trinajstić information content (AvgIpc) is 2.55. The van der Waals surface area contributed by atoms with Gasteiger partial charge >= 0.3 is 0 Å². The number of non-ortho nitro benzene ring substituents is 1. The standard InChI is InChI=1S/C15H15N3O4S/c1-16-9-10-17(15-8-3-2-7-14(15)16)23(21,22)13-6-4-5-12(11-13)18(19)20/h2-8,11H,9-10H2,1H3. The van der Waals surface area contributed by atoms with E-state index in [4.69, 9.17) is 0 Å². The molecule has 0 N–H and O–H groups in total. The number of nitrogens with zero attached hydrogens (tertiary/aromatic N) is 3. The number of nitro groups is 1. The summed E-state index contributed by atoms with van der Waals surface area (Å²) in [6.45, 7) is 0.837. The topological polar surface area (TPSA) is 83.8 Å². The first-order valence-corrected chi connectivity index (χ1v) is 8.42. The van der Waals surface area contributed by atoms with Crippen LogP contribution in [-0.2, 0) is 10.0 Å². The van der Waals surface area contributed by atoms with E-state index in [1.54, 1.807) is 12.1 Å². The van der Waals surface area contributed by atoms with E-state index in [2.05, 4.69) is 0 Å². The molecule has 0 saturated carbocycles. The zero-order valence-corrected chi connectivity index (χ0v) is 13.2. The van der Waals surface area contributed by atoms with Gasteiger partial charge in [-0.05, 0) is 18.2 Å². The molecule has 0 saturated heterocycles. The lowest BCUT2D eigenvalue weighted by Gasteiger charge is -2.36. The quantitative estimate of drug-likeness (QED) is 0.635. The highest BCUT2D eigenvalue weighted by Crippen LogP contribution is 2.35. The van der Waals surface area contributed by atoms with E-state index < -0.39 is 14.9 Å². The highest BCUT2D eigenvalue weighted by atomic mass is 32.2. The van der Waals surface area contributed by atoms with Crippen molar-refractivity contribution in [2.24, 2.45) is 0 Å². The molecule has 0 bridgehead atoms. The van der Waals surface area contributed by atoms with E-state index >= 15 is 0 Å².